The third-order valence-corrected chi connectivity index (χ3v) is 1.35. The lowest BCUT2D eigenvalue weighted by molar-refractivity contribution is 0.563. The van der Waals surface area contributed by atoms with Gasteiger partial charge in [-0.05, 0) is 12.5 Å². The fraction of sp³-hybridized carbons (Fsp3) is 0.429. The van der Waals surface area contributed by atoms with E-state index in [9.17, 15) is 4.39 Å². The maximum absolute atomic E-state index is 12.4. The van der Waals surface area contributed by atoms with Crippen molar-refractivity contribution >= 4 is 0 Å². The first-order valence-electron chi connectivity index (χ1n) is 3.07. The highest BCUT2D eigenvalue weighted by atomic mass is 19.1. The molecule has 1 nitrogen and oxygen atoms in total. The topological polar surface area (TPSA) is 26.0 Å². The van der Waals surface area contributed by atoms with Crippen molar-refractivity contribution in [2.24, 2.45) is 5.73 Å². The summed E-state index contributed by atoms with van der Waals surface area (Å²) in [6, 6.07) is 0.0366. The second-order valence-electron chi connectivity index (χ2n) is 2.20. The van der Waals surface area contributed by atoms with Gasteiger partial charge in [-0.3, -0.25) is 0 Å². The Bertz CT molecular complexity index is 149. The van der Waals surface area contributed by atoms with Gasteiger partial charge < -0.3 is 5.73 Å². The first kappa shape index (κ1) is 6.49. The minimum atomic E-state index is -0.0702. The highest BCUT2D eigenvalue weighted by molar-refractivity contribution is 5.12. The molecule has 1 rings (SSSR count). The maximum Gasteiger partial charge on any atom is 0.1000 e. The van der Waals surface area contributed by atoms with E-state index in [4.69, 9.17) is 5.73 Å². The largest absolute Gasteiger partial charge is 0.324 e. The number of nitrogens with two attached hydrogens (primary N) is 1. The Morgan fingerprint density at radius 3 is 3.22 bits per heavy atom. The van der Waals surface area contributed by atoms with Gasteiger partial charge in [0.05, 0.1) is 5.83 Å². The Kier molecular flexibility index (Phi) is 2.01. The molecule has 0 spiro atoms. The summed E-state index contributed by atoms with van der Waals surface area (Å²) in [6.45, 7) is 0. The minimum absolute atomic E-state index is 0.0366. The number of rotatable bonds is 0. The van der Waals surface area contributed by atoms with Crippen molar-refractivity contribution in [2.45, 2.75) is 18.9 Å². The predicted molar refractivity (Wildman–Crippen MR) is 35.5 cm³/mol. The second kappa shape index (κ2) is 2.78. The van der Waals surface area contributed by atoms with Gasteiger partial charge in [-0.1, -0.05) is 12.2 Å². The summed E-state index contributed by atoms with van der Waals surface area (Å²) in [6.07, 6.45) is 6.15. The van der Waals surface area contributed by atoms with E-state index < -0.39 is 0 Å². The Balaban J connectivity index is 2.55. The Labute approximate surface area is 54.0 Å². The van der Waals surface area contributed by atoms with Crippen molar-refractivity contribution in [3.8, 4) is 0 Å². The standard InChI is InChI=1S/C7H10FN/c8-6-2-1-3-7(9)5-4-6/h1-3,7H,4-5,9H2. The summed E-state index contributed by atoms with van der Waals surface area (Å²) in [5.74, 6) is -0.0702. The molecule has 0 saturated heterocycles. The summed E-state index contributed by atoms with van der Waals surface area (Å²) in [5.41, 5.74) is 5.51. The molecule has 0 aromatic carbocycles. The van der Waals surface area contributed by atoms with E-state index in [0.29, 0.717) is 6.42 Å². The van der Waals surface area contributed by atoms with Gasteiger partial charge >= 0.3 is 0 Å². The quantitative estimate of drug-likeness (QED) is 0.524. The summed E-state index contributed by atoms with van der Waals surface area (Å²) in [7, 11) is 0. The molecule has 0 radical (unpaired) electrons. The van der Waals surface area contributed by atoms with E-state index in [1.807, 2.05) is 6.08 Å². The fourth-order valence-electron chi connectivity index (χ4n) is 0.787. The van der Waals surface area contributed by atoms with Crippen LogP contribution in [0.2, 0.25) is 0 Å². The molecule has 0 bridgehead atoms. The minimum Gasteiger partial charge on any atom is -0.324 e. The second-order valence-corrected chi connectivity index (χ2v) is 2.20. The van der Waals surface area contributed by atoms with Gasteiger partial charge in [0.1, 0.15) is 0 Å². The average Bonchev–Trinajstić information content (AvgIpc) is 1.97. The lowest BCUT2D eigenvalue weighted by Gasteiger charge is -1.99. The van der Waals surface area contributed by atoms with Crippen LogP contribution in [-0.2, 0) is 0 Å². The molecule has 0 aromatic rings. The summed E-state index contributed by atoms with van der Waals surface area (Å²) in [4.78, 5) is 0. The van der Waals surface area contributed by atoms with Gasteiger partial charge in [-0.15, -0.1) is 0 Å². The van der Waals surface area contributed by atoms with Crippen molar-refractivity contribution in [1.82, 2.24) is 0 Å². The Morgan fingerprint density at radius 2 is 2.44 bits per heavy atom. The number of allylic oxidation sites excluding steroid dienone is 3. The monoisotopic (exact) mass is 127 g/mol. The molecule has 0 heterocycles. The Hall–Kier alpha value is -0.630. The molecule has 2 heteroatoms. The summed E-state index contributed by atoms with van der Waals surface area (Å²) in [5, 5.41) is 0. The van der Waals surface area contributed by atoms with Crippen LogP contribution in [0.25, 0.3) is 0 Å². The van der Waals surface area contributed by atoms with E-state index in [0.717, 1.165) is 6.42 Å². The molecule has 9 heavy (non-hydrogen) atoms. The normalized spacial score (nSPS) is 27.3. The van der Waals surface area contributed by atoms with Gasteiger partial charge in [-0.25, -0.2) is 4.39 Å². The summed E-state index contributed by atoms with van der Waals surface area (Å²) >= 11 is 0. The van der Waals surface area contributed by atoms with Crippen molar-refractivity contribution < 1.29 is 4.39 Å². The lowest BCUT2D eigenvalue weighted by atomic mass is 10.2. The van der Waals surface area contributed by atoms with Crippen LogP contribution >= 0.6 is 0 Å². The zero-order chi connectivity index (χ0) is 6.69. The van der Waals surface area contributed by atoms with E-state index in [1.165, 1.54) is 6.08 Å². The smallest absolute Gasteiger partial charge is 0.1000 e. The van der Waals surface area contributed by atoms with Gasteiger partial charge in [0, 0.05) is 12.5 Å². The lowest BCUT2D eigenvalue weighted by Crippen LogP contribution is -2.15. The number of hydrogen-bond acceptors (Lipinski definition) is 1. The van der Waals surface area contributed by atoms with Crippen LogP contribution in [0.15, 0.2) is 24.1 Å². The molecule has 0 aromatic heterocycles. The SMILES string of the molecule is NC1C=CC=C(F)CC1. The van der Waals surface area contributed by atoms with Crippen LogP contribution in [0, 0.1) is 0 Å². The van der Waals surface area contributed by atoms with Crippen molar-refractivity contribution in [3.63, 3.8) is 0 Å². The van der Waals surface area contributed by atoms with Gasteiger partial charge in [0.15, 0.2) is 0 Å². The highest BCUT2D eigenvalue weighted by Gasteiger charge is 2.02. The van der Waals surface area contributed by atoms with Gasteiger partial charge in [-0.2, -0.15) is 0 Å². The zero-order valence-electron chi connectivity index (χ0n) is 5.18. The number of halogens is 1. The third kappa shape index (κ3) is 1.98. The molecule has 1 unspecified atom stereocenters. The molecule has 1 aliphatic rings. The first-order chi connectivity index (χ1) is 4.29. The van der Waals surface area contributed by atoms with Crippen LogP contribution < -0.4 is 5.73 Å². The number of hydrogen-bond donors (Lipinski definition) is 1. The van der Waals surface area contributed by atoms with Crippen molar-refractivity contribution in [1.29, 1.82) is 0 Å². The predicted octanol–water partition coefficient (Wildman–Crippen LogP) is 1.52. The van der Waals surface area contributed by atoms with Crippen LogP contribution in [0.4, 0.5) is 4.39 Å². The summed E-state index contributed by atoms with van der Waals surface area (Å²) < 4.78 is 12.4. The molecular weight excluding hydrogens is 117 g/mol. The van der Waals surface area contributed by atoms with Crippen LogP contribution in [0.5, 0.6) is 0 Å². The van der Waals surface area contributed by atoms with Gasteiger partial charge in [0.2, 0.25) is 0 Å². The van der Waals surface area contributed by atoms with Crippen molar-refractivity contribution in [2.75, 3.05) is 0 Å². The van der Waals surface area contributed by atoms with Gasteiger partial charge in [0.25, 0.3) is 0 Å². The molecular formula is C7H10FN. The molecule has 50 valence electrons. The average molecular weight is 127 g/mol. The van der Waals surface area contributed by atoms with Crippen molar-refractivity contribution in [3.05, 3.63) is 24.1 Å². The molecule has 0 amide bonds. The maximum atomic E-state index is 12.4. The molecule has 2 N–H and O–H groups in total. The molecule has 0 saturated carbocycles. The van der Waals surface area contributed by atoms with E-state index in [2.05, 4.69) is 0 Å². The highest BCUT2D eigenvalue weighted by Crippen LogP contribution is 2.11. The van der Waals surface area contributed by atoms with Crippen LogP contribution in [-0.4, -0.2) is 6.04 Å². The van der Waals surface area contributed by atoms with E-state index in [-0.39, 0.29) is 11.9 Å². The van der Waals surface area contributed by atoms with E-state index >= 15 is 0 Å². The Morgan fingerprint density at radius 1 is 1.67 bits per heavy atom. The fourth-order valence-corrected chi connectivity index (χ4v) is 0.787. The third-order valence-electron chi connectivity index (χ3n) is 1.35. The zero-order valence-corrected chi connectivity index (χ0v) is 5.18. The van der Waals surface area contributed by atoms with E-state index in [1.54, 1.807) is 6.08 Å². The molecule has 1 atom stereocenters. The first-order valence-corrected chi connectivity index (χ1v) is 3.07. The molecule has 1 aliphatic carbocycles. The van der Waals surface area contributed by atoms with Crippen LogP contribution in [0.3, 0.4) is 0 Å². The molecule has 0 fully saturated rings. The van der Waals surface area contributed by atoms with Crippen LogP contribution in [0.1, 0.15) is 12.8 Å². The molecule has 0 aliphatic heterocycles.